The van der Waals surface area contributed by atoms with E-state index in [0.29, 0.717) is 6.04 Å². The van der Waals surface area contributed by atoms with Crippen molar-refractivity contribution in [2.45, 2.75) is 19.4 Å². The van der Waals surface area contributed by atoms with E-state index in [2.05, 4.69) is 29.4 Å². The minimum Gasteiger partial charge on any atom is -0.497 e. The van der Waals surface area contributed by atoms with Gasteiger partial charge in [0.25, 0.3) is 0 Å². The molecule has 0 saturated carbocycles. The molecule has 1 N–H and O–H groups in total. The van der Waals surface area contributed by atoms with Gasteiger partial charge < -0.3 is 10.1 Å². The molecule has 1 aliphatic rings. The molecule has 0 spiro atoms. The first-order valence-electron chi connectivity index (χ1n) is 5.84. The van der Waals surface area contributed by atoms with Crippen LogP contribution in [0.3, 0.4) is 0 Å². The Labute approximate surface area is 107 Å². The van der Waals surface area contributed by atoms with E-state index < -0.39 is 0 Å². The molecule has 4 heteroatoms. The van der Waals surface area contributed by atoms with Gasteiger partial charge in [-0.15, -0.1) is 0 Å². The monoisotopic (exact) mass is 250 g/mol. The first-order valence-corrected chi connectivity index (χ1v) is 6.83. The van der Waals surface area contributed by atoms with Gasteiger partial charge in [0.2, 0.25) is 0 Å². The van der Waals surface area contributed by atoms with Crippen LogP contribution in [0, 0.1) is 0 Å². The molecule has 0 aromatic heterocycles. The van der Waals surface area contributed by atoms with Crippen LogP contribution in [0.2, 0.25) is 0 Å². The SMILES string of the molecule is COc1cccc(CCN=C2NC(C)CS2)c1. The van der Waals surface area contributed by atoms with Crippen LogP contribution in [0.15, 0.2) is 29.3 Å². The Balaban J connectivity index is 1.85. The van der Waals surface area contributed by atoms with Gasteiger partial charge in [0.05, 0.1) is 7.11 Å². The van der Waals surface area contributed by atoms with Crippen LogP contribution in [-0.4, -0.2) is 30.6 Å². The molecule has 0 amide bonds. The fourth-order valence-corrected chi connectivity index (χ4v) is 2.66. The zero-order valence-corrected chi connectivity index (χ0v) is 11.1. The van der Waals surface area contributed by atoms with E-state index in [1.54, 1.807) is 7.11 Å². The van der Waals surface area contributed by atoms with Crippen molar-refractivity contribution in [1.82, 2.24) is 5.32 Å². The highest BCUT2D eigenvalue weighted by molar-refractivity contribution is 8.14. The van der Waals surface area contributed by atoms with E-state index in [4.69, 9.17) is 4.74 Å². The van der Waals surface area contributed by atoms with Gasteiger partial charge in [-0.3, -0.25) is 4.99 Å². The third-order valence-electron chi connectivity index (χ3n) is 2.63. The minimum atomic E-state index is 0.551. The van der Waals surface area contributed by atoms with Gasteiger partial charge in [0.1, 0.15) is 5.75 Å². The van der Waals surface area contributed by atoms with Crippen LogP contribution >= 0.6 is 11.8 Å². The Bertz CT molecular complexity index is 406. The highest BCUT2D eigenvalue weighted by Crippen LogP contribution is 2.15. The quantitative estimate of drug-likeness (QED) is 0.890. The number of hydrogen-bond acceptors (Lipinski definition) is 3. The van der Waals surface area contributed by atoms with Crippen molar-refractivity contribution in [2.24, 2.45) is 4.99 Å². The number of hydrogen-bond donors (Lipinski definition) is 1. The lowest BCUT2D eigenvalue weighted by Gasteiger charge is -2.03. The minimum absolute atomic E-state index is 0.551. The van der Waals surface area contributed by atoms with E-state index in [9.17, 15) is 0 Å². The summed E-state index contributed by atoms with van der Waals surface area (Å²) in [4.78, 5) is 4.55. The van der Waals surface area contributed by atoms with Crippen LogP contribution in [0.4, 0.5) is 0 Å². The summed E-state index contributed by atoms with van der Waals surface area (Å²) in [6.07, 6.45) is 0.956. The lowest BCUT2D eigenvalue weighted by Crippen LogP contribution is -2.23. The van der Waals surface area contributed by atoms with Crippen LogP contribution in [0.25, 0.3) is 0 Å². The topological polar surface area (TPSA) is 33.6 Å². The lowest BCUT2D eigenvalue weighted by molar-refractivity contribution is 0.414. The summed E-state index contributed by atoms with van der Waals surface area (Å²) in [6.45, 7) is 3.01. The third kappa shape index (κ3) is 3.66. The molecule has 1 aliphatic heterocycles. The first-order chi connectivity index (χ1) is 8.28. The van der Waals surface area contributed by atoms with Crippen LogP contribution in [0.5, 0.6) is 5.75 Å². The highest BCUT2D eigenvalue weighted by Gasteiger charge is 2.14. The summed E-state index contributed by atoms with van der Waals surface area (Å²) in [6, 6.07) is 8.71. The lowest BCUT2D eigenvalue weighted by atomic mass is 10.1. The van der Waals surface area contributed by atoms with Gasteiger partial charge in [-0.05, 0) is 31.0 Å². The third-order valence-corrected chi connectivity index (χ3v) is 3.82. The van der Waals surface area contributed by atoms with E-state index >= 15 is 0 Å². The Kier molecular flexibility index (Phi) is 4.31. The summed E-state index contributed by atoms with van der Waals surface area (Å²) < 4.78 is 5.20. The Hall–Kier alpha value is -1.16. The fraction of sp³-hybridized carbons (Fsp3) is 0.462. The molecule has 17 heavy (non-hydrogen) atoms. The average molecular weight is 250 g/mol. The molecule has 3 nitrogen and oxygen atoms in total. The van der Waals surface area contributed by atoms with Crippen LogP contribution in [-0.2, 0) is 6.42 Å². The molecule has 2 rings (SSSR count). The zero-order valence-electron chi connectivity index (χ0n) is 10.3. The molecule has 1 unspecified atom stereocenters. The molecule has 92 valence electrons. The summed E-state index contributed by atoms with van der Waals surface area (Å²) >= 11 is 1.81. The second-order valence-electron chi connectivity index (χ2n) is 4.14. The maximum atomic E-state index is 5.20. The summed E-state index contributed by atoms with van der Waals surface area (Å²) in [5, 5.41) is 4.43. The summed E-state index contributed by atoms with van der Waals surface area (Å²) in [5.41, 5.74) is 1.27. The normalized spacial score (nSPS) is 21.5. The van der Waals surface area contributed by atoms with Crippen molar-refractivity contribution in [3.8, 4) is 5.75 Å². The summed E-state index contributed by atoms with van der Waals surface area (Å²) in [5.74, 6) is 2.04. The molecule has 0 radical (unpaired) electrons. The second-order valence-corrected chi connectivity index (χ2v) is 5.15. The number of nitrogens with zero attached hydrogens (tertiary/aromatic N) is 1. The number of ether oxygens (including phenoxy) is 1. The summed E-state index contributed by atoms with van der Waals surface area (Å²) in [7, 11) is 1.69. The van der Waals surface area contributed by atoms with Gasteiger partial charge in [0.15, 0.2) is 5.17 Å². The molecule has 1 atom stereocenters. The number of aliphatic imine (C=N–C) groups is 1. The standard InChI is InChI=1S/C13H18N2OS/c1-10-9-17-13(15-10)14-7-6-11-4-3-5-12(8-11)16-2/h3-5,8,10H,6-7,9H2,1-2H3,(H,14,15). The Morgan fingerprint density at radius 2 is 2.41 bits per heavy atom. The number of thioether (sulfide) groups is 1. The molecule has 0 bridgehead atoms. The molecule has 1 saturated heterocycles. The van der Waals surface area contributed by atoms with Gasteiger partial charge in [-0.1, -0.05) is 23.9 Å². The van der Waals surface area contributed by atoms with Crippen molar-refractivity contribution in [2.75, 3.05) is 19.4 Å². The molecular formula is C13H18N2OS. The van der Waals surface area contributed by atoms with Gasteiger partial charge in [-0.25, -0.2) is 0 Å². The van der Waals surface area contributed by atoms with E-state index in [0.717, 1.165) is 29.6 Å². The van der Waals surface area contributed by atoms with Crippen molar-refractivity contribution >= 4 is 16.9 Å². The van der Waals surface area contributed by atoms with Crippen molar-refractivity contribution in [1.29, 1.82) is 0 Å². The molecule has 1 aromatic rings. The Morgan fingerprint density at radius 1 is 1.53 bits per heavy atom. The van der Waals surface area contributed by atoms with Crippen LogP contribution in [0.1, 0.15) is 12.5 Å². The van der Waals surface area contributed by atoms with E-state index in [-0.39, 0.29) is 0 Å². The number of nitrogens with one attached hydrogen (secondary N) is 1. The van der Waals surface area contributed by atoms with Gasteiger partial charge >= 0.3 is 0 Å². The molecule has 1 heterocycles. The van der Waals surface area contributed by atoms with Crippen LogP contribution < -0.4 is 10.1 Å². The molecule has 1 aromatic carbocycles. The van der Waals surface area contributed by atoms with E-state index in [1.807, 2.05) is 23.9 Å². The zero-order chi connectivity index (χ0) is 12.1. The highest BCUT2D eigenvalue weighted by atomic mass is 32.2. The van der Waals surface area contributed by atoms with Crippen molar-refractivity contribution in [3.05, 3.63) is 29.8 Å². The number of methoxy groups -OCH3 is 1. The van der Waals surface area contributed by atoms with E-state index in [1.165, 1.54) is 5.56 Å². The van der Waals surface area contributed by atoms with Gasteiger partial charge in [-0.2, -0.15) is 0 Å². The molecule has 0 aliphatic carbocycles. The molecule has 1 fully saturated rings. The van der Waals surface area contributed by atoms with Crippen molar-refractivity contribution in [3.63, 3.8) is 0 Å². The second kappa shape index (κ2) is 5.96. The predicted octanol–water partition coefficient (Wildman–Crippen LogP) is 2.32. The van der Waals surface area contributed by atoms with Gasteiger partial charge in [0, 0.05) is 18.3 Å². The van der Waals surface area contributed by atoms with Crippen molar-refractivity contribution < 1.29 is 4.74 Å². The molecular weight excluding hydrogens is 232 g/mol. The number of benzene rings is 1. The fourth-order valence-electron chi connectivity index (χ4n) is 1.70. The maximum Gasteiger partial charge on any atom is 0.156 e. The number of rotatable bonds is 4. The number of amidine groups is 1. The first kappa shape index (κ1) is 12.3. The average Bonchev–Trinajstić information content (AvgIpc) is 2.75. The maximum absolute atomic E-state index is 5.20. The predicted molar refractivity (Wildman–Crippen MR) is 74.1 cm³/mol. The Morgan fingerprint density at radius 3 is 3.12 bits per heavy atom. The largest absolute Gasteiger partial charge is 0.497 e. The smallest absolute Gasteiger partial charge is 0.156 e.